The minimum absolute atomic E-state index is 0.0310. The fourth-order valence-corrected chi connectivity index (χ4v) is 2.81. The Labute approximate surface area is 172 Å². The predicted octanol–water partition coefficient (Wildman–Crippen LogP) is 4.59. The number of nitrogens with zero attached hydrogens (tertiary/aromatic N) is 1. The molecule has 31 heavy (non-hydrogen) atoms. The summed E-state index contributed by atoms with van der Waals surface area (Å²) in [6, 6.07) is 7.16. The van der Waals surface area contributed by atoms with Crippen molar-refractivity contribution >= 4 is 17.7 Å². The number of alkyl halides is 3. The topological polar surface area (TPSA) is 90.9 Å². The summed E-state index contributed by atoms with van der Waals surface area (Å²) in [5.74, 6) is -2.82. The monoisotopic (exact) mass is 438 g/mol. The summed E-state index contributed by atoms with van der Waals surface area (Å²) < 4.78 is 68.9. The molecule has 0 radical (unpaired) electrons. The van der Waals surface area contributed by atoms with Crippen LogP contribution in [0.15, 0.2) is 41.2 Å². The third kappa shape index (κ3) is 5.24. The van der Waals surface area contributed by atoms with E-state index in [2.05, 4.69) is 20.0 Å². The van der Waals surface area contributed by atoms with E-state index in [1.54, 1.807) is 0 Å². The second-order valence-corrected chi connectivity index (χ2v) is 6.46. The van der Waals surface area contributed by atoms with Crippen LogP contribution in [0, 0.1) is 24.0 Å². The van der Waals surface area contributed by atoms with Crippen molar-refractivity contribution in [2.24, 2.45) is 0 Å². The number of rotatable bonds is 6. The first kappa shape index (κ1) is 21.9. The van der Waals surface area contributed by atoms with E-state index in [0.29, 0.717) is 11.8 Å². The van der Waals surface area contributed by atoms with Crippen molar-refractivity contribution in [2.45, 2.75) is 19.7 Å². The van der Waals surface area contributed by atoms with E-state index in [0.717, 1.165) is 18.2 Å². The van der Waals surface area contributed by atoms with Crippen molar-refractivity contribution in [1.29, 1.82) is 5.41 Å². The second-order valence-electron chi connectivity index (χ2n) is 6.46. The van der Waals surface area contributed by atoms with E-state index in [9.17, 15) is 26.7 Å². The number of benzene rings is 2. The standard InChI is InChI=1S/C20H15F5N4O2/c1-10-6-13(21)14(22)8-15(10)27-18-12(9-26)19(30)29-17(28-18)7-11-4-2-3-5-16(11)31-20(23,24)25/h2-6,8-9,26H,7H2,1H3,(H2,27,28,29,30). The summed E-state index contributed by atoms with van der Waals surface area (Å²) in [5, 5.41) is 10.1. The van der Waals surface area contributed by atoms with Gasteiger partial charge < -0.3 is 20.4 Å². The van der Waals surface area contributed by atoms with Gasteiger partial charge in [0.05, 0.1) is 5.56 Å². The van der Waals surface area contributed by atoms with Crippen molar-refractivity contribution in [3.8, 4) is 5.75 Å². The van der Waals surface area contributed by atoms with Crippen LogP contribution >= 0.6 is 0 Å². The lowest BCUT2D eigenvalue weighted by atomic mass is 10.1. The SMILES string of the molecule is Cc1cc(F)c(F)cc1Nc1nc(Cc2ccccc2OC(F)(F)F)[nH]c(=O)c1C=N. The number of nitrogens with one attached hydrogen (secondary N) is 3. The number of H-pyrrole nitrogens is 1. The van der Waals surface area contributed by atoms with Crippen molar-refractivity contribution in [3.05, 3.63) is 80.9 Å². The molecule has 3 N–H and O–H groups in total. The van der Waals surface area contributed by atoms with Gasteiger partial charge in [-0.05, 0) is 24.6 Å². The minimum atomic E-state index is -4.90. The van der Waals surface area contributed by atoms with Crippen LogP contribution in [0.2, 0.25) is 0 Å². The molecular formula is C20H15F5N4O2. The minimum Gasteiger partial charge on any atom is -0.405 e. The van der Waals surface area contributed by atoms with E-state index >= 15 is 0 Å². The Kier molecular flexibility index (Phi) is 6.04. The smallest absolute Gasteiger partial charge is 0.405 e. The zero-order valence-corrected chi connectivity index (χ0v) is 15.9. The van der Waals surface area contributed by atoms with Crippen molar-refractivity contribution in [2.75, 3.05) is 5.32 Å². The highest BCUT2D eigenvalue weighted by molar-refractivity contribution is 5.85. The predicted molar refractivity (Wildman–Crippen MR) is 103 cm³/mol. The van der Waals surface area contributed by atoms with Gasteiger partial charge in [-0.1, -0.05) is 18.2 Å². The summed E-state index contributed by atoms with van der Waals surface area (Å²) in [5.41, 5.74) is -0.431. The number of aromatic amines is 1. The molecule has 0 unspecified atom stereocenters. The number of aryl methyl sites for hydroxylation is 1. The maximum absolute atomic E-state index is 13.6. The average Bonchev–Trinajstić information content (AvgIpc) is 2.66. The zero-order valence-electron chi connectivity index (χ0n) is 15.9. The number of hydrogen-bond donors (Lipinski definition) is 3. The molecule has 2 aromatic carbocycles. The summed E-state index contributed by atoms with van der Waals surface area (Å²) >= 11 is 0. The highest BCUT2D eigenvalue weighted by Gasteiger charge is 2.32. The third-order valence-corrected chi connectivity index (χ3v) is 4.23. The Morgan fingerprint density at radius 3 is 2.55 bits per heavy atom. The molecule has 1 aromatic heterocycles. The summed E-state index contributed by atoms with van der Waals surface area (Å²) in [6.45, 7) is 1.49. The van der Waals surface area contributed by atoms with Crippen LogP contribution in [0.25, 0.3) is 0 Å². The number of aromatic nitrogens is 2. The first-order valence-corrected chi connectivity index (χ1v) is 8.77. The lowest BCUT2D eigenvalue weighted by molar-refractivity contribution is -0.274. The van der Waals surface area contributed by atoms with Gasteiger partial charge >= 0.3 is 6.36 Å². The van der Waals surface area contributed by atoms with Gasteiger partial charge in [-0.3, -0.25) is 4.79 Å². The molecule has 0 spiro atoms. The van der Waals surface area contributed by atoms with Gasteiger partial charge in [-0.15, -0.1) is 13.2 Å². The Bertz CT molecular complexity index is 1190. The molecule has 3 aromatic rings. The van der Waals surface area contributed by atoms with Crippen molar-refractivity contribution in [3.63, 3.8) is 0 Å². The number of ether oxygens (including phenoxy) is 1. The van der Waals surface area contributed by atoms with E-state index in [-0.39, 0.29) is 34.9 Å². The van der Waals surface area contributed by atoms with Crippen LogP contribution in [0.3, 0.4) is 0 Å². The summed E-state index contributed by atoms with van der Waals surface area (Å²) in [7, 11) is 0. The number of anilines is 2. The molecule has 11 heteroatoms. The third-order valence-electron chi connectivity index (χ3n) is 4.23. The van der Waals surface area contributed by atoms with Gasteiger partial charge in [-0.2, -0.15) is 0 Å². The van der Waals surface area contributed by atoms with Crippen LogP contribution in [0.1, 0.15) is 22.5 Å². The van der Waals surface area contributed by atoms with Gasteiger partial charge in [0, 0.05) is 30.0 Å². The summed E-state index contributed by atoms with van der Waals surface area (Å²) in [4.78, 5) is 18.9. The quantitative estimate of drug-likeness (QED) is 0.388. The number of para-hydroxylation sites is 1. The molecule has 0 saturated carbocycles. The first-order chi connectivity index (χ1) is 14.6. The van der Waals surface area contributed by atoms with Gasteiger partial charge in [-0.25, -0.2) is 13.8 Å². The fraction of sp³-hybridized carbons (Fsp3) is 0.150. The van der Waals surface area contributed by atoms with Crippen LogP contribution in [0.5, 0.6) is 5.75 Å². The van der Waals surface area contributed by atoms with Gasteiger partial charge in [0.25, 0.3) is 5.56 Å². The van der Waals surface area contributed by atoms with Gasteiger partial charge in [0.1, 0.15) is 17.4 Å². The molecule has 3 rings (SSSR count). The number of halogens is 5. The van der Waals surface area contributed by atoms with Crippen molar-refractivity contribution in [1.82, 2.24) is 9.97 Å². The lowest BCUT2D eigenvalue weighted by Crippen LogP contribution is -2.21. The molecule has 0 aliphatic rings. The van der Waals surface area contributed by atoms with E-state index in [1.807, 2.05) is 0 Å². The molecule has 0 aliphatic heterocycles. The van der Waals surface area contributed by atoms with Crippen LogP contribution in [0.4, 0.5) is 33.5 Å². The largest absolute Gasteiger partial charge is 0.573 e. The molecule has 0 aliphatic carbocycles. The van der Waals surface area contributed by atoms with Crippen LogP contribution in [-0.2, 0) is 6.42 Å². The maximum atomic E-state index is 13.6. The highest BCUT2D eigenvalue weighted by atomic mass is 19.4. The zero-order chi connectivity index (χ0) is 22.8. The van der Waals surface area contributed by atoms with Crippen molar-refractivity contribution < 1.29 is 26.7 Å². The Morgan fingerprint density at radius 1 is 1.19 bits per heavy atom. The van der Waals surface area contributed by atoms with Crippen LogP contribution in [-0.4, -0.2) is 22.5 Å². The maximum Gasteiger partial charge on any atom is 0.573 e. The van der Waals surface area contributed by atoms with Gasteiger partial charge in [0.15, 0.2) is 11.6 Å². The van der Waals surface area contributed by atoms with E-state index in [1.165, 1.54) is 25.1 Å². The second kappa shape index (κ2) is 8.54. The molecule has 0 bridgehead atoms. The first-order valence-electron chi connectivity index (χ1n) is 8.77. The normalized spacial score (nSPS) is 11.3. The lowest BCUT2D eigenvalue weighted by Gasteiger charge is -2.14. The Morgan fingerprint density at radius 2 is 1.87 bits per heavy atom. The molecule has 1 heterocycles. The molecule has 0 fully saturated rings. The molecule has 6 nitrogen and oxygen atoms in total. The summed E-state index contributed by atoms with van der Waals surface area (Å²) in [6.07, 6.45) is -4.42. The molecular weight excluding hydrogens is 423 g/mol. The molecule has 0 saturated heterocycles. The number of hydrogen-bond acceptors (Lipinski definition) is 5. The highest BCUT2D eigenvalue weighted by Crippen LogP contribution is 2.28. The molecule has 0 amide bonds. The van der Waals surface area contributed by atoms with E-state index < -0.39 is 29.3 Å². The Balaban J connectivity index is 2.00. The van der Waals surface area contributed by atoms with Crippen LogP contribution < -0.4 is 15.6 Å². The molecule has 162 valence electrons. The Hall–Kier alpha value is -3.76. The average molecular weight is 438 g/mol. The van der Waals surface area contributed by atoms with E-state index in [4.69, 9.17) is 5.41 Å². The molecule has 0 atom stereocenters. The fourth-order valence-electron chi connectivity index (χ4n) is 2.81. The van der Waals surface area contributed by atoms with Gasteiger partial charge in [0.2, 0.25) is 0 Å².